The van der Waals surface area contributed by atoms with E-state index in [0.717, 1.165) is 25.1 Å². The van der Waals surface area contributed by atoms with Gasteiger partial charge in [0.25, 0.3) is 0 Å². The quantitative estimate of drug-likeness (QED) is 0.347. The summed E-state index contributed by atoms with van der Waals surface area (Å²) in [5.41, 5.74) is 0.0667. The van der Waals surface area contributed by atoms with E-state index < -0.39 is 0 Å². The van der Waals surface area contributed by atoms with Crippen molar-refractivity contribution in [1.82, 2.24) is 0 Å². The Hall–Kier alpha value is -2.52. The highest BCUT2D eigenvalue weighted by Crippen LogP contribution is 2.42. The lowest BCUT2D eigenvalue weighted by molar-refractivity contribution is 0.628. The molecule has 0 aliphatic heterocycles. The van der Waals surface area contributed by atoms with Crippen molar-refractivity contribution < 1.29 is 4.39 Å². The molecule has 0 bridgehead atoms. The summed E-state index contributed by atoms with van der Waals surface area (Å²) in [6, 6.07) is 22.0. The summed E-state index contributed by atoms with van der Waals surface area (Å²) in [4.78, 5) is 13.7. The highest BCUT2D eigenvalue weighted by atomic mass is 32.2. The fourth-order valence-electron chi connectivity index (χ4n) is 2.75. The van der Waals surface area contributed by atoms with E-state index in [-0.39, 0.29) is 21.7 Å². The Labute approximate surface area is 129 Å². The Morgan fingerprint density at radius 1 is 0.682 bits per heavy atom. The number of rotatable bonds is 1. The summed E-state index contributed by atoms with van der Waals surface area (Å²) in [5, 5.41) is 1.49. The lowest BCUT2D eigenvalue weighted by Crippen LogP contribution is -2.01. The molecule has 3 aromatic carbocycles. The predicted molar refractivity (Wildman–Crippen MR) is 91.5 cm³/mol. The minimum absolute atomic E-state index is 0.0667. The van der Waals surface area contributed by atoms with Crippen LogP contribution in [0.5, 0.6) is 0 Å². The average molecular weight is 307 g/mol. The number of halogens is 1. The largest absolute Gasteiger partial charge is 0.288 e. The Morgan fingerprint density at radius 2 is 1.18 bits per heavy atom. The molecule has 0 spiro atoms. The van der Waals surface area contributed by atoms with E-state index in [2.05, 4.69) is 0 Å². The SMILES string of the molecule is O=c1c2ccccc2[s+](-c2ccc(F)cc2)c2ccccc12. The van der Waals surface area contributed by atoms with E-state index in [0.29, 0.717) is 0 Å². The number of benzene rings is 3. The molecule has 22 heavy (non-hydrogen) atoms. The Balaban J connectivity index is 2.25. The molecule has 0 aliphatic rings. The smallest absolute Gasteiger partial charge is 0.203 e. The molecule has 1 nitrogen and oxygen atoms in total. The molecule has 4 rings (SSSR count). The van der Waals surface area contributed by atoms with Gasteiger partial charge in [-0.1, -0.05) is 24.3 Å². The highest BCUT2D eigenvalue weighted by molar-refractivity contribution is 7.49. The van der Waals surface area contributed by atoms with Crippen LogP contribution in [-0.4, -0.2) is 0 Å². The molecular weight excluding hydrogens is 295 g/mol. The van der Waals surface area contributed by atoms with Crippen molar-refractivity contribution >= 4 is 30.6 Å². The fourth-order valence-corrected chi connectivity index (χ4v) is 5.10. The molecule has 0 N–H and O–H groups in total. The van der Waals surface area contributed by atoms with Crippen LogP contribution in [0, 0.1) is 5.82 Å². The van der Waals surface area contributed by atoms with Crippen LogP contribution in [-0.2, 0) is 0 Å². The average Bonchev–Trinajstić information content (AvgIpc) is 2.57. The molecule has 0 unspecified atom stereocenters. The lowest BCUT2D eigenvalue weighted by atomic mass is 10.2. The molecule has 106 valence electrons. The summed E-state index contributed by atoms with van der Waals surface area (Å²) in [7, 11) is -0.374. The van der Waals surface area contributed by atoms with Crippen molar-refractivity contribution in [3.05, 3.63) is 88.8 Å². The van der Waals surface area contributed by atoms with Gasteiger partial charge in [0.2, 0.25) is 5.43 Å². The number of fused-ring (bicyclic) bond motifs is 2. The van der Waals surface area contributed by atoms with E-state index in [4.69, 9.17) is 0 Å². The lowest BCUT2D eigenvalue weighted by Gasteiger charge is -2.02. The van der Waals surface area contributed by atoms with Gasteiger partial charge >= 0.3 is 0 Å². The molecule has 0 radical (unpaired) electrons. The maximum Gasteiger partial charge on any atom is 0.203 e. The van der Waals surface area contributed by atoms with Gasteiger partial charge in [0.1, 0.15) is 5.82 Å². The maximum absolute atomic E-state index is 13.3. The van der Waals surface area contributed by atoms with Gasteiger partial charge in [-0.3, -0.25) is 4.79 Å². The Kier molecular flexibility index (Phi) is 3.01. The van der Waals surface area contributed by atoms with Gasteiger partial charge in [-0.05, 0) is 36.4 Å². The van der Waals surface area contributed by atoms with Crippen LogP contribution in [0.2, 0.25) is 0 Å². The normalized spacial score (nSPS) is 11.1. The van der Waals surface area contributed by atoms with Crippen molar-refractivity contribution in [3.63, 3.8) is 0 Å². The van der Waals surface area contributed by atoms with Gasteiger partial charge in [-0.15, -0.1) is 0 Å². The topological polar surface area (TPSA) is 17.1 Å². The second-order valence-corrected chi connectivity index (χ2v) is 7.04. The van der Waals surface area contributed by atoms with Crippen LogP contribution in [0.4, 0.5) is 4.39 Å². The highest BCUT2D eigenvalue weighted by Gasteiger charge is 2.22. The summed E-state index contributed by atoms with van der Waals surface area (Å²) in [6.07, 6.45) is 0. The molecule has 0 atom stereocenters. The van der Waals surface area contributed by atoms with Crippen LogP contribution in [0.25, 0.3) is 25.1 Å². The minimum atomic E-state index is -0.374. The predicted octanol–water partition coefficient (Wildman–Crippen LogP) is 5.23. The number of hydrogen-bond acceptors (Lipinski definition) is 1. The first kappa shape index (κ1) is 13.2. The molecule has 0 fully saturated rings. The second kappa shape index (κ2) is 5.04. The van der Waals surface area contributed by atoms with Crippen LogP contribution in [0.3, 0.4) is 0 Å². The standard InChI is InChI=1S/C19H12FOS/c20-13-9-11-14(12-10-13)22-17-7-3-1-5-15(17)19(21)16-6-2-4-8-18(16)22/h1-12H/q+1. The molecule has 1 aromatic heterocycles. The molecule has 3 heteroatoms. The van der Waals surface area contributed by atoms with Crippen molar-refractivity contribution in [2.45, 2.75) is 0 Å². The summed E-state index contributed by atoms with van der Waals surface area (Å²) < 4.78 is 15.3. The zero-order chi connectivity index (χ0) is 15.1. The second-order valence-electron chi connectivity index (χ2n) is 5.08. The third kappa shape index (κ3) is 1.94. The Morgan fingerprint density at radius 3 is 1.73 bits per heavy atom. The third-order valence-corrected chi connectivity index (χ3v) is 6.09. The summed E-state index contributed by atoms with van der Waals surface area (Å²) in [6.45, 7) is 0. The van der Waals surface area contributed by atoms with Gasteiger partial charge in [0, 0.05) is 22.6 Å². The molecule has 0 saturated heterocycles. The fraction of sp³-hybridized carbons (Fsp3) is 0. The van der Waals surface area contributed by atoms with E-state index in [9.17, 15) is 9.18 Å². The van der Waals surface area contributed by atoms with Gasteiger partial charge in [0.15, 0.2) is 14.3 Å². The van der Waals surface area contributed by atoms with Crippen molar-refractivity contribution in [3.8, 4) is 4.90 Å². The van der Waals surface area contributed by atoms with Crippen molar-refractivity contribution in [1.29, 1.82) is 0 Å². The molecule has 0 amide bonds. The summed E-state index contributed by atoms with van der Waals surface area (Å²) in [5.74, 6) is -0.248. The van der Waals surface area contributed by atoms with Crippen molar-refractivity contribution in [2.75, 3.05) is 0 Å². The Bertz CT molecular complexity index is 988. The maximum atomic E-state index is 13.3. The van der Waals surface area contributed by atoms with Gasteiger partial charge in [-0.25, -0.2) is 4.39 Å². The minimum Gasteiger partial charge on any atom is -0.288 e. The van der Waals surface area contributed by atoms with Gasteiger partial charge < -0.3 is 0 Å². The molecule has 4 aromatic rings. The van der Waals surface area contributed by atoms with Crippen LogP contribution >= 0.6 is 10.5 Å². The third-order valence-electron chi connectivity index (χ3n) is 3.75. The van der Waals surface area contributed by atoms with Crippen LogP contribution < -0.4 is 5.43 Å². The number of hydrogen-bond donors (Lipinski definition) is 0. The van der Waals surface area contributed by atoms with E-state index >= 15 is 0 Å². The molecule has 0 aliphatic carbocycles. The first-order valence-corrected chi connectivity index (χ1v) is 8.21. The van der Waals surface area contributed by atoms with E-state index in [1.54, 1.807) is 0 Å². The van der Waals surface area contributed by atoms with Crippen LogP contribution in [0.1, 0.15) is 0 Å². The van der Waals surface area contributed by atoms with Crippen LogP contribution in [0.15, 0.2) is 77.6 Å². The van der Waals surface area contributed by atoms with E-state index in [1.807, 2.05) is 60.7 Å². The van der Waals surface area contributed by atoms with Crippen molar-refractivity contribution in [2.24, 2.45) is 0 Å². The van der Waals surface area contributed by atoms with E-state index in [1.165, 1.54) is 12.1 Å². The molecule has 1 heterocycles. The zero-order valence-corrected chi connectivity index (χ0v) is 12.4. The zero-order valence-electron chi connectivity index (χ0n) is 11.6. The summed E-state index contributed by atoms with van der Waals surface area (Å²) >= 11 is 0. The molecular formula is C19H12FOS+. The molecule has 0 saturated carbocycles. The van der Waals surface area contributed by atoms with Gasteiger partial charge in [-0.2, -0.15) is 0 Å². The van der Waals surface area contributed by atoms with Gasteiger partial charge in [0.05, 0.1) is 10.8 Å². The monoisotopic (exact) mass is 307 g/mol. The first-order valence-electron chi connectivity index (χ1n) is 6.98. The first-order chi connectivity index (χ1) is 10.8.